The lowest BCUT2D eigenvalue weighted by Gasteiger charge is -2.32. The summed E-state index contributed by atoms with van der Waals surface area (Å²) in [5.41, 5.74) is 1.26. The number of nitrogens with zero attached hydrogens (tertiary/aromatic N) is 1. The second-order valence-corrected chi connectivity index (χ2v) is 9.97. The predicted octanol–water partition coefficient (Wildman–Crippen LogP) is 6.18. The van der Waals surface area contributed by atoms with Crippen molar-refractivity contribution < 1.29 is 14.6 Å². The highest BCUT2D eigenvalue weighted by atomic mass is 35.5. The number of benzene rings is 2. The molecule has 31 heavy (non-hydrogen) atoms. The van der Waals surface area contributed by atoms with Gasteiger partial charge >= 0.3 is 5.97 Å². The van der Waals surface area contributed by atoms with Crippen LogP contribution >= 0.6 is 11.6 Å². The van der Waals surface area contributed by atoms with Gasteiger partial charge in [0, 0.05) is 24.9 Å². The van der Waals surface area contributed by atoms with Crippen LogP contribution in [0.2, 0.25) is 5.02 Å². The maximum Gasteiger partial charge on any atom is 0.303 e. The second-order valence-electron chi connectivity index (χ2n) is 9.59. The van der Waals surface area contributed by atoms with E-state index in [1.165, 1.54) is 18.4 Å². The zero-order valence-corrected chi connectivity index (χ0v) is 19.2. The van der Waals surface area contributed by atoms with Gasteiger partial charge in [-0.25, -0.2) is 0 Å². The Morgan fingerprint density at radius 1 is 1.16 bits per heavy atom. The van der Waals surface area contributed by atoms with Gasteiger partial charge in [-0.1, -0.05) is 36.7 Å². The van der Waals surface area contributed by atoms with Crippen molar-refractivity contribution in [1.29, 1.82) is 0 Å². The fourth-order valence-corrected chi connectivity index (χ4v) is 5.41. The SMILES string of the molecule is CC1CCC(Oc2ccc3ccc(CCN4CCCC(CC(=O)O)C4)cc3c2Cl)CC1. The molecule has 5 heteroatoms. The largest absolute Gasteiger partial charge is 0.489 e. The van der Waals surface area contributed by atoms with Crippen molar-refractivity contribution >= 4 is 28.3 Å². The third kappa shape index (κ3) is 5.93. The Balaban J connectivity index is 1.41. The molecular formula is C26H34ClNO3. The molecule has 1 aliphatic carbocycles. The molecule has 1 atom stereocenters. The first kappa shape index (κ1) is 22.4. The fraction of sp³-hybridized carbons (Fsp3) is 0.577. The molecule has 1 N–H and O–H groups in total. The summed E-state index contributed by atoms with van der Waals surface area (Å²) in [5, 5.41) is 12.0. The molecule has 1 unspecified atom stereocenters. The van der Waals surface area contributed by atoms with Crippen LogP contribution in [0.15, 0.2) is 30.3 Å². The highest BCUT2D eigenvalue weighted by Crippen LogP contribution is 2.36. The number of ether oxygens (including phenoxy) is 1. The van der Waals surface area contributed by atoms with Crippen molar-refractivity contribution in [2.45, 2.75) is 64.4 Å². The summed E-state index contributed by atoms with van der Waals surface area (Å²) in [5.74, 6) is 1.20. The van der Waals surface area contributed by atoms with Crippen LogP contribution < -0.4 is 4.74 Å². The zero-order chi connectivity index (χ0) is 21.8. The Morgan fingerprint density at radius 3 is 2.71 bits per heavy atom. The van der Waals surface area contributed by atoms with Crippen molar-refractivity contribution in [3.8, 4) is 5.75 Å². The van der Waals surface area contributed by atoms with Crippen molar-refractivity contribution in [2.75, 3.05) is 19.6 Å². The maximum atomic E-state index is 11.0. The minimum atomic E-state index is -0.684. The summed E-state index contributed by atoms with van der Waals surface area (Å²) in [4.78, 5) is 13.4. The Labute approximate surface area is 190 Å². The Bertz CT molecular complexity index is 907. The zero-order valence-electron chi connectivity index (χ0n) is 18.5. The van der Waals surface area contributed by atoms with Crippen molar-refractivity contribution in [3.05, 3.63) is 40.9 Å². The van der Waals surface area contributed by atoms with Gasteiger partial charge < -0.3 is 14.7 Å². The molecule has 0 radical (unpaired) electrons. The van der Waals surface area contributed by atoms with Crippen LogP contribution in [0.5, 0.6) is 5.75 Å². The van der Waals surface area contributed by atoms with Crippen LogP contribution in [0.25, 0.3) is 10.8 Å². The summed E-state index contributed by atoms with van der Waals surface area (Å²) in [6, 6.07) is 10.6. The number of aliphatic carboxylic acids is 1. The monoisotopic (exact) mass is 443 g/mol. The van der Waals surface area contributed by atoms with E-state index in [1.807, 2.05) is 6.07 Å². The number of halogens is 1. The lowest BCUT2D eigenvalue weighted by atomic mass is 9.89. The predicted molar refractivity (Wildman–Crippen MR) is 126 cm³/mol. The average molecular weight is 444 g/mol. The summed E-state index contributed by atoms with van der Waals surface area (Å²) in [7, 11) is 0. The lowest BCUT2D eigenvalue weighted by Crippen LogP contribution is -2.37. The van der Waals surface area contributed by atoms with Gasteiger partial charge in [0.1, 0.15) is 5.75 Å². The van der Waals surface area contributed by atoms with E-state index in [4.69, 9.17) is 21.4 Å². The molecule has 0 amide bonds. The van der Waals surface area contributed by atoms with Gasteiger partial charge in [0.15, 0.2) is 0 Å². The highest BCUT2D eigenvalue weighted by molar-refractivity contribution is 6.37. The van der Waals surface area contributed by atoms with Gasteiger partial charge in [-0.15, -0.1) is 0 Å². The van der Waals surface area contributed by atoms with E-state index < -0.39 is 5.97 Å². The molecular weight excluding hydrogens is 410 g/mol. The van der Waals surface area contributed by atoms with Gasteiger partial charge in [0.25, 0.3) is 0 Å². The van der Waals surface area contributed by atoms with Crippen molar-refractivity contribution in [1.82, 2.24) is 4.90 Å². The quantitative estimate of drug-likeness (QED) is 0.555. The van der Waals surface area contributed by atoms with Gasteiger partial charge in [-0.05, 0) is 86.4 Å². The van der Waals surface area contributed by atoms with Gasteiger partial charge in [0.2, 0.25) is 0 Å². The molecule has 2 aromatic rings. The Morgan fingerprint density at radius 2 is 1.94 bits per heavy atom. The van der Waals surface area contributed by atoms with Gasteiger partial charge in [-0.3, -0.25) is 4.79 Å². The molecule has 0 spiro atoms. The molecule has 0 aromatic heterocycles. The number of likely N-dealkylation sites (tertiary alicyclic amines) is 1. The first-order valence-corrected chi connectivity index (χ1v) is 12.2. The summed E-state index contributed by atoms with van der Waals surface area (Å²) < 4.78 is 6.29. The van der Waals surface area contributed by atoms with Crippen molar-refractivity contribution in [2.24, 2.45) is 11.8 Å². The third-order valence-corrected chi connectivity index (χ3v) is 7.41. The number of carboxylic acid groups (broad SMARTS) is 1. The smallest absolute Gasteiger partial charge is 0.303 e. The summed E-state index contributed by atoms with van der Waals surface area (Å²) in [6.45, 7) is 5.22. The van der Waals surface area contributed by atoms with E-state index in [2.05, 4.69) is 36.1 Å². The molecule has 4 rings (SSSR count). The molecule has 1 heterocycles. The van der Waals surface area contributed by atoms with Crippen LogP contribution in [0.3, 0.4) is 0 Å². The number of carboxylic acids is 1. The van der Waals surface area contributed by atoms with Crippen LogP contribution in [0.4, 0.5) is 0 Å². The van der Waals surface area contributed by atoms with Crippen LogP contribution in [-0.4, -0.2) is 41.7 Å². The second kappa shape index (κ2) is 10.2. The van der Waals surface area contributed by atoms with Crippen molar-refractivity contribution in [3.63, 3.8) is 0 Å². The van der Waals surface area contributed by atoms with E-state index in [9.17, 15) is 4.79 Å². The van der Waals surface area contributed by atoms with E-state index in [0.717, 1.165) is 79.2 Å². The van der Waals surface area contributed by atoms with E-state index in [0.29, 0.717) is 0 Å². The number of carbonyl (C=O) groups is 1. The number of rotatable bonds is 7. The summed E-state index contributed by atoms with van der Waals surface area (Å²) >= 11 is 6.79. The normalized spacial score (nSPS) is 24.9. The summed E-state index contributed by atoms with van der Waals surface area (Å²) in [6.07, 6.45) is 8.27. The third-order valence-electron chi connectivity index (χ3n) is 7.02. The molecule has 1 saturated heterocycles. The average Bonchev–Trinajstić information content (AvgIpc) is 2.76. The Kier molecular flexibility index (Phi) is 7.39. The van der Waals surface area contributed by atoms with E-state index >= 15 is 0 Å². The standard InChI is InChI=1S/C26H34ClNO3/c1-18-4-9-22(10-5-18)31-24-11-8-21-7-6-19(15-23(21)26(24)27)12-14-28-13-2-3-20(17-28)16-25(29)30/h6-8,11,15,18,20,22H,2-5,9-10,12-14,16-17H2,1H3,(H,29,30). The first-order chi connectivity index (χ1) is 15.0. The van der Waals surface area contributed by atoms with Gasteiger partial charge in [0.05, 0.1) is 11.1 Å². The molecule has 2 fully saturated rings. The topological polar surface area (TPSA) is 49.8 Å². The van der Waals surface area contributed by atoms with E-state index in [1.54, 1.807) is 0 Å². The Hall–Kier alpha value is -1.78. The van der Waals surface area contributed by atoms with Crippen LogP contribution in [0, 0.1) is 11.8 Å². The maximum absolute atomic E-state index is 11.0. The van der Waals surface area contributed by atoms with Crippen LogP contribution in [0.1, 0.15) is 57.4 Å². The molecule has 2 aliphatic rings. The molecule has 1 saturated carbocycles. The number of fused-ring (bicyclic) bond motifs is 1. The minimum Gasteiger partial charge on any atom is -0.489 e. The molecule has 4 nitrogen and oxygen atoms in total. The highest BCUT2D eigenvalue weighted by Gasteiger charge is 2.22. The molecule has 1 aliphatic heterocycles. The van der Waals surface area contributed by atoms with Crippen LogP contribution in [-0.2, 0) is 11.2 Å². The lowest BCUT2D eigenvalue weighted by molar-refractivity contribution is -0.138. The van der Waals surface area contributed by atoms with E-state index in [-0.39, 0.29) is 18.4 Å². The fourth-order valence-electron chi connectivity index (χ4n) is 5.14. The number of piperidine rings is 1. The minimum absolute atomic E-state index is 0.271. The van der Waals surface area contributed by atoms with Gasteiger partial charge in [-0.2, -0.15) is 0 Å². The number of hydrogen-bond acceptors (Lipinski definition) is 3. The number of hydrogen-bond donors (Lipinski definition) is 1. The molecule has 2 aromatic carbocycles. The first-order valence-electron chi connectivity index (χ1n) is 11.8. The molecule has 168 valence electrons. The molecule has 0 bridgehead atoms.